The highest BCUT2D eigenvalue weighted by atomic mass is 35.5. The molecule has 24 heavy (non-hydrogen) atoms. The second-order valence-electron chi connectivity index (χ2n) is 5.14. The molecule has 2 aromatic carbocycles. The molecule has 0 atom stereocenters. The van der Waals surface area contributed by atoms with Crippen LogP contribution in [-0.2, 0) is 20.0 Å². The molecule has 0 unspecified atom stereocenters. The van der Waals surface area contributed by atoms with E-state index in [0.29, 0.717) is 11.1 Å². The van der Waals surface area contributed by atoms with Gasteiger partial charge in [-0.05, 0) is 35.4 Å². The Morgan fingerprint density at radius 1 is 0.708 bits per heavy atom. The number of nitrogens with one attached hydrogen (secondary N) is 2. The molecule has 0 amide bonds. The molecule has 0 aliphatic rings. The highest BCUT2D eigenvalue weighted by Crippen LogP contribution is 2.33. The van der Waals surface area contributed by atoms with E-state index < -0.39 is 20.0 Å². The lowest BCUT2D eigenvalue weighted by Crippen LogP contribution is -2.10. The fourth-order valence-electron chi connectivity index (χ4n) is 1.95. The predicted molar refractivity (Wildman–Crippen MR) is 98.8 cm³/mol. The lowest BCUT2D eigenvalue weighted by Gasteiger charge is -2.11. The van der Waals surface area contributed by atoms with Gasteiger partial charge >= 0.3 is 0 Å². The number of benzene rings is 2. The van der Waals surface area contributed by atoms with E-state index in [1.54, 1.807) is 24.3 Å². The van der Waals surface area contributed by atoms with Gasteiger partial charge in [-0.25, -0.2) is 16.8 Å². The summed E-state index contributed by atoms with van der Waals surface area (Å²) < 4.78 is 49.7. The molecule has 6 nitrogen and oxygen atoms in total. The fraction of sp³-hybridized carbons (Fsp3) is 0.143. The molecule has 10 heteroatoms. The summed E-state index contributed by atoms with van der Waals surface area (Å²) in [6.07, 6.45) is 2.06. The van der Waals surface area contributed by atoms with Crippen molar-refractivity contribution in [2.75, 3.05) is 22.0 Å². The van der Waals surface area contributed by atoms with Gasteiger partial charge in [0.15, 0.2) is 0 Å². The summed E-state index contributed by atoms with van der Waals surface area (Å²) in [7, 11) is -6.86. The van der Waals surface area contributed by atoms with Gasteiger partial charge < -0.3 is 0 Å². The third-order valence-electron chi connectivity index (χ3n) is 2.86. The van der Waals surface area contributed by atoms with Crippen molar-refractivity contribution in [3.8, 4) is 11.1 Å². The zero-order valence-electron chi connectivity index (χ0n) is 12.7. The van der Waals surface area contributed by atoms with Crippen LogP contribution in [0.2, 0.25) is 10.0 Å². The Labute approximate surface area is 150 Å². The zero-order chi connectivity index (χ0) is 18.1. The van der Waals surface area contributed by atoms with Crippen LogP contribution in [-0.4, -0.2) is 29.3 Å². The summed E-state index contributed by atoms with van der Waals surface area (Å²) in [4.78, 5) is 0. The second kappa shape index (κ2) is 6.79. The Morgan fingerprint density at radius 2 is 1.04 bits per heavy atom. The first-order chi connectivity index (χ1) is 10.9. The molecule has 2 rings (SSSR count). The average molecular weight is 409 g/mol. The number of hydrogen-bond donors (Lipinski definition) is 2. The van der Waals surface area contributed by atoms with Crippen LogP contribution in [0, 0.1) is 0 Å². The minimum atomic E-state index is -3.43. The first-order valence-corrected chi connectivity index (χ1v) is 11.0. The summed E-state index contributed by atoms with van der Waals surface area (Å²) in [5.74, 6) is 0. The fourth-order valence-corrected chi connectivity index (χ4v) is 3.68. The Bertz CT molecular complexity index is 908. The second-order valence-corrected chi connectivity index (χ2v) is 9.45. The van der Waals surface area contributed by atoms with E-state index in [9.17, 15) is 16.8 Å². The number of anilines is 2. The molecule has 0 aliphatic heterocycles. The average Bonchev–Trinajstić information content (AvgIpc) is 2.40. The van der Waals surface area contributed by atoms with E-state index in [2.05, 4.69) is 9.44 Å². The van der Waals surface area contributed by atoms with Crippen molar-refractivity contribution in [1.82, 2.24) is 0 Å². The summed E-state index contributed by atoms with van der Waals surface area (Å²) in [5.41, 5.74) is 1.94. The third kappa shape index (κ3) is 5.27. The van der Waals surface area contributed by atoms with E-state index in [4.69, 9.17) is 23.2 Å². The van der Waals surface area contributed by atoms with Gasteiger partial charge in [-0.1, -0.05) is 35.3 Å². The zero-order valence-corrected chi connectivity index (χ0v) is 15.8. The van der Waals surface area contributed by atoms with Crippen LogP contribution in [0.5, 0.6) is 0 Å². The Balaban J connectivity index is 2.36. The quantitative estimate of drug-likeness (QED) is 0.792. The number of hydrogen-bond acceptors (Lipinski definition) is 4. The first kappa shape index (κ1) is 18.9. The number of rotatable bonds is 5. The van der Waals surface area contributed by atoms with Crippen molar-refractivity contribution >= 4 is 54.6 Å². The first-order valence-electron chi connectivity index (χ1n) is 6.50. The van der Waals surface area contributed by atoms with Gasteiger partial charge in [-0.15, -0.1) is 0 Å². The van der Waals surface area contributed by atoms with Crippen LogP contribution in [0.15, 0.2) is 36.4 Å². The maximum absolute atomic E-state index is 11.3. The maximum Gasteiger partial charge on any atom is 0.229 e. The van der Waals surface area contributed by atoms with E-state index in [0.717, 1.165) is 12.5 Å². The van der Waals surface area contributed by atoms with Crippen LogP contribution in [0.25, 0.3) is 11.1 Å². The topological polar surface area (TPSA) is 92.3 Å². The van der Waals surface area contributed by atoms with Crippen LogP contribution in [0.3, 0.4) is 0 Å². The Hall–Kier alpha value is -1.48. The highest BCUT2D eigenvalue weighted by Gasteiger charge is 2.11. The van der Waals surface area contributed by atoms with Crippen LogP contribution in [0.4, 0.5) is 11.4 Å². The van der Waals surface area contributed by atoms with Gasteiger partial charge in [0.2, 0.25) is 20.0 Å². The molecule has 130 valence electrons. The molecule has 2 N–H and O–H groups in total. The Kier molecular flexibility index (Phi) is 5.34. The van der Waals surface area contributed by atoms with Gasteiger partial charge in [0, 0.05) is 0 Å². The van der Waals surface area contributed by atoms with Crippen molar-refractivity contribution in [2.24, 2.45) is 0 Å². The molecule has 0 bridgehead atoms. The summed E-state index contributed by atoms with van der Waals surface area (Å²) in [5, 5.41) is 0.458. The van der Waals surface area contributed by atoms with Gasteiger partial charge in [0.1, 0.15) is 0 Å². The third-order valence-corrected chi connectivity index (χ3v) is 4.67. The standard InChI is InChI=1S/C14H14Cl2N2O4S2/c1-23(19,20)17-13-5-3-9(7-11(13)15)10-4-6-14(12(16)8-10)18-24(2,21)22/h3-8,17-18H,1-2H3. The van der Waals surface area contributed by atoms with Crippen LogP contribution in [0.1, 0.15) is 0 Å². The molecule has 0 aromatic heterocycles. The Morgan fingerprint density at radius 3 is 1.29 bits per heavy atom. The number of halogens is 2. The summed E-state index contributed by atoms with van der Waals surface area (Å²) in [6, 6.07) is 9.60. The lowest BCUT2D eigenvalue weighted by atomic mass is 10.1. The number of sulfonamides is 2. The minimum absolute atomic E-state index is 0.229. The van der Waals surface area contributed by atoms with Gasteiger partial charge in [-0.3, -0.25) is 9.44 Å². The molecular formula is C14H14Cl2N2O4S2. The van der Waals surface area contributed by atoms with Crippen LogP contribution >= 0.6 is 23.2 Å². The van der Waals surface area contributed by atoms with Crippen molar-refractivity contribution in [3.63, 3.8) is 0 Å². The summed E-state index contributed by atoms with van der Waals surface area (Å²) >= 11 is 12.2. The summed E-state index contributed by atoms with van der Waals surface area (Å²) in [6.45, 7) is 0. The minimum Gasteiger partial charge on any atom is -0.282 e. The van der Waals surface area contributed by atoms with E-state index >= 15 is 0 Å². The van der Waals surface area contributed by atoms with Crippen molar-refractivity contribution in [3.05, 3.63) is 46.4 Å². The van der Waals surface area contributed by atoms with E-state index in [1.807, 2.05) is 0 Å². The largest absolute Gasteiger partial charge is 0.282 e. The molecule has 0 saturated carbocycles. The van der Waals surface area contributed by atoms with Gasteiger partial charge in [0.05, 0.1) is 33.9 Å². The smallest absolute Gasteiger partial charge is 0.229 e. The molecule has 0 saturated heterocycles. The molecular weight excluding hydrogens is 395 g/mol. The molecule has 0 radical (unpaired) electrons. The SMILES string of the molecule is CS(=O)(=O)Nc1ccc(-c2ccc(NS(C)(=O)=O)c(Cl)c2)cc1Cl. The predicted octanol–water partition coefficient (Wildman–Crippen LogP) is 3.40. The van der Waals surface area contributed by atoms with Gasteiger partial charge in [-0.2, -0.15) is 0 Å². The van der Waals surface area contributed by atoms with E-state index in [-0.39, 0.29) is 21.4 Å². The molecule has 0 fully saturated rings. The van der Waals surface area contributed by atoms with Crippen molar-refractivity contribution < 1.29 is 16.8 Å². The lowest BCUT2D eigenvalue weighted by molar-refractivity contribution is 0.605. The molecule has 0 heterocycles. The van der Waals surface area contributed by atoms with E-state index in [1.165, 1.54) is 12.1 Å². The molecule has 2 aromatic rings. The monoisotopic (exact) mass is 408 g/mol. The van der Waals surface area contributed by atoms with Gasteiger partial charge in [0.25, 0.3) is 0 Å². The van der Waals surface area contributed by atoms with Crippen LogP contribution < -0.4 is 9.44 Å². The highest BCUT2D eigenvalue weighted by molar-refractivity contribution is 7.92. The molecule has 0 aliphatic carbocycles. The normalized spacial score (nSPS) is 12.0. The maximum atomic E-state index is 11.3. The van der Waals surface area contributed by atoms with Crippen molar-refractivity contribution in [1.29, 1.82) is 0 Å². The van der Waals surface area contributed by atoms with Crippen molar-refractivity contribution in [2.45, 2.75) is 0 Å². The molecule has 0 spiro atoms.